The number of hydrogen-bond acceptors (Lipinski definition) is 6. The second-order valence-corrected chi connectivity index (χ2v) is 11.8. The third kappa shape index (κ3) is 7.32. The SMILES string of the molecule is CCOC(=O)C1=C(C)NC(=S)N[C@H]1c1ccccc1OCC(=O)NN=Cc1cc(C)n(-c2ccc(C(C)(C)C)cc2)c1C. The molecule has 2 aromatic carbocycles. The van der Waals surface area contributed by atoms with Gasteiger partial charge in [-0.25, -0.2) is 10.2 Å². The Hall–Kier alpha value is -4.44. The maximum absolute atomic E-state index is 12.8. The van der Waals surface area contributed by atoms with Crippen LogP contribution in [0.15, 0.2) is 71.0 Å². The molecule has 1 aromatic heterocycles. The minimum atomic E-state index is -0.606. The topological polar surface area (TPSA) is 106 Å². The van der Waals surface area contributed by atoms with Crippen LogP contribution in [0.1, 0.15) is 68.7 Å². The van der Waals surface area contributed by atoms with Gasteiger partial charge in [0.2, 0.25) is 0 Å². The average Bonchev–Trinajstić information content (AvgIpc) is 3.23. The zero-order chi connectivity index (χ0) is 31.3. The fourth-order valence-corrected chi connectivity index (χ4v) is 5.30. The van der Waals surface area contributed by atoms with Gasteiger partial charge in [-0.1, -0.05) is 51.1 Å². The molecule has 3 aromatic rings. The quantitative estimate of drug-likeness (QED) is 0.133. The molecule has 9 nitrogen and oxygen atoms in total. The highest BCUT2D eigenvalue weighted by Crippen LogP contribution is 2.33. The Labute approximate surface area is 258 Å². The van der Waals surface area contributed by atoms with E-state index < -0.39 is 17.9 Å². The first-order valence-electron chi connectivity index (χ1n) is 14.2. The Balaban J connectivity index is 1.43. The summed E-state index contributed by atoms with van der Waals surface area (Å²) in [6.45, 7) is 14.1. The van der Waals surface area contributed by atoms with Crippen LogP contribution in [0.5, 0.6) is 5.75 Å². The summed E-state index contributed by atoms with van der Waals surface area (Å²) in [7, 11) is 0. The third-order valence-electron chi connectivity index (χ3n) is 7.21. The third-order valence-corrected chi connectivity index (χ3v) is 7.43. The largest absolute Gasteiger partial charge is 0.483 e. The van der Waals surface area contributed by atoms with Crippen molar-refractivity contribution in [1.82, 2.24) is 20.6 Å². The van der Waals surface area contributed by atoms with Crippen LogP contribution in [-0.2, 0) is 19.7 Å². The minimum Gasteiger partial charge on any atom is -0.483 e. The first-order valence-corrected chi connectivity index (χ1v) is 14.6. The van der Waals surface area contributed by atoms with Gasteiger partial charge in [0.05, 0.1) is 24.4 Å². The number of nitrogens with zero attached hydrogens (tertiary/aromatic N) is 2. The number of hydrogen-bond donors (Lipinski definition) is 3. The summed E-state index contributed by atoms with van der Waals surface area (Å²) in [5.41, 5.74) is 9.57. The number of ether oxygens (including phenoxy) is 2. The van der Waals surface area contributed by atoms with Crippen molar-refractivity contribution < 1.29 is 19.1 Å². The van der Waals surface area contributed by atoms with Crippen LogP contribution < -0.4 is 20.8 Å². The molecule has 0 radical (unpaired) electrons. The smallest absolute Gasteiger partial charge is 0.338 e. The summed E-state index contributed by atoms with van der Waals surface area (Å²) in [5.74, 6) is -0.459. The van der Waals surface area contributed by atoms with Crippen molar-refractivity contribution in [1.29, 1.82) is 0 Å². The van der Waals surface area contributed by atoms with Crippen molar-refractivity contribution in [2.75, 3.05) is 13.2 Å². The van der Waals surface area contributed by atoms with Crippen LogP contribution in [0.2, 0.25) is 0 Å². The Morgan fingerprint density at radius 3 is 2.47 bits per heavy atom. The van der Waals surface area contributed by atoms with Crippen LogP contribution in [0.3, 0.4) is 0 Å². The van der Waals surface area contributed by atoms with E-state index in [-0.39, 0.29) is 18.6 Å². The summed E-state index contributed by atoms with van der Waals surface area (Å²) < 4.78 is 13.3. The standard InChI is InChI=1S/C33H39N5O4S/c1-8-41-31(40)29-21(3)35-32(43)36-30(29)26-11-9-10-12-27(26)42-19-28(39)37-34-18-23-17-20(2)38(22(23)4)25-15-13-24(14-16-25)33(5,6)7/h9-18,30H,8,19H2,1-7H3,(H,37,39)(H2,35,36,43)/t30-/m0/s1. The number of esters is 1. The lowest BCUT2D eigenvalue weighted by Crippen LogP contribution is -2.45. The van der Waals surface area contributed by atoms with Crippen LogP contribution >= 0.6 is 12.2 Å². The molecule has 0 saturated carbocycles. The van der Waals surface area contributed by atoms with Crippen LogP contribution in [-0.4, -0.2) is 41.0 Å². The molecule has 0 spiro atoms. The Kier molecular flexibility index (Phi) is 9.70. The molecule has 1 aliphatic rings. The molecule has 1 atom stereocenters. The van der Waals surface area contributed by atoms with E-state index in [1.54, 1.807) is 32.2 Å². The van der Waals surface area contributed by atoms with E-state index in [4.69, 9.17) is 21.7 Å². The molecule has 4 rings (SSSR count). The highest BCUT2D eigenvalue weighted by molar-refractivity contribution is 7.80. The van der Waals surface area contributed by atoms with Crippen LogP contribution in [0.25, 0.3) is 5.69 Å². The number of thiocarbonyl (C=S) groups is 1. The van der Waals surface area contributed by atoms with E-state index in [0.717, 1.165) is 22.6 Å². The molecule has 0 unspecified atom stereocenters. The lowest BCUT2D eigenvalue weighted by Gasteiger charge is -2.30. The van der Waals surface area contributed by atoms with Crippen molar-refractivity contribution >= 4 is 35.4 Å². The molecule has 43 heavy (non-hydrogen) atoms. The molecule has 1 amide bonds. The molecular formula is C33H39N5O4S. The number of amides is 1. The number of carbonyl (C=O) groups excluding carboxylic acids is 2. The number of rotatable bonds is 9. The van der Waals surface area contributed by atoms with Gasteiger partial charge in [-0.05, 0) is 75.2 Å². The van der Waals surface area contributed by atoms with Gasteiger partial charge >= 0.3 is 5.97 Å². The summed E-state index contributed by atoms with van der Waals surface area (Å²) in [6.07, 6.45) is 1.63. The molecule has 0 saturated heterocycles. The molecule has 0 aliphatic carbocycles. The van der Waals surface area contributed by atoms with E-state index in [1.165, 1.54) is 5.56 Å². The maximum atomic E-state index is 12.8. The summed E-state index contributed by atoms with van der Waals surface area (Å²) >= 11 is 5.34. The van der Waals surface area contributed by atoms with E-state index in [0.29, 0.717) is 27.7 Å². The number of para-hydroxylation sites is 1. The zero-order valence-electron chi connectivity index (χ0n) is 25.7. The zero-order valence-corrected chi connectivity index (χ0v) is 26.5. The van der Waals surface area contributed by atoms with Crippen molar-refractivity contribution in [3.63, 3.8) is 0 Å². The number of hydrazone groups is 1. The number of carbonyl (C=O) groups is 2. The number of aromatic nitrogens is 1. The Bertz CT molecular complexity index is 1580. The van der Waals surface area contributed by atoms with Crippen LogP contribution in [0.4, 0.5) is 0 Å². The minimum absolute atomic E-state index is 0.0838. The lowest BCUT2D eigenvalue weighted by atomic mass is 9.87. The van der Waals surface area contributed by atoms with Crippen molar-refractivity contribution in [3.8, 4) is 11.4 Å². The average molecular weight is 602 g/mol. The first kappa shape index (κ1) is 31.5. The summed E-state index contributed by atoms with van der Waals surface area (Å²) in [6, 6.07) is 17.2. The summed E-state index contributed by atoms with van der Waals surface area (Å²) in [5, 5.41) is 10.6. The molecule has 1 aliphatic heterocycles. The molecule has 3 N–H and O–H groups in total. The predicted octanol–water partition coefficient (Wildman–Crippen LogP) is 5.28. The van der Waals surface area contributed by atoms with Crippen molar-refractivity contribution in [2.24, 2.45) is 5.10 Å². The molecule has 2 heterocycles. The number of aryl methyl sites for hydroxylation is 1. The van der Waals surface area contributed by atoms with E-state index in [2.05, 4.69) is 70.8 Å². The second-order valence-electron chi connectivity index (χ2n) is 11.4. The van der Waals surface area contributed by atoms with Gasteiger partial charge in [-0.3, -0.25) is 4.79 Å². The lowest BCUT2D eigenvalue weighted by molar-refractivity contribution is -0.139. The second kappa shape index (κ2) is 13.2. The Morgan fingerprint density at radius 1 is 1.09 bits per heavy atom. The monoisotopic (exact) mass is 601 g/mol. The summed E-state index contributed by atoms with van der Waals surface area (Å²) in [4.78, 5) is 25.4. The molecule has 10 heteroatoms. The number of benzene rings is 2. The van der Waals surface area contributed by atoms with Gasteiger partial charge in [0.15, 0.2) is 11.7 Å². The van der Waals surface area contributed by atoms with E-state index >= 15 is 0 Å². The van der Waals surface area contributed by atoms with Gasteiger partial charge in [0.25, 0.3) is 5.91 Å². The van der Waals surface area contributed by atoms with E-state index in [1.807, 2.05) is 32.0 Å². The fourth-order valence-electron chi connectivity index (χ4n) is 5.03. The number of nitrogens with one attached hydrogen (secondary N) is 3. The first-order chi connectivity index (χ1) is 20.4. The highest BCUT2D eigenvalue weighted by Gasteiger charge is 2.32. The van der Waals surface area contributed by atoms with Gasteiger partial charge in [-0.15, -0.1) is 0 Å². The fraction of sp³-hybridized carbons (Fsp3) is 0.333. The highest BCUT2D eigenvalue weighted by atomic mass is 32.1. The molecular weight excluding hydrogens is 562 g/mol. The van der Waals surface area contributed by atoms with Gasteiger partial charge in [0.1, 0.15) is 5.75 Å². The van der Waals surface area contributed by atoms with Crippen molar-refractivity contribution in [2.45, 2.75) is 59.9 Å². The maximum Gasteiger partial charge on any atom is 0.338 e. The Morgan fingerprint density at radius 2 is 1.79 bits per heavy atom. The molecule has 226 valence electrons. The number of allylic oxidation sites excluding steroid dienone is 1. The molecule has 0 fully saturated rings. The van der Waals surface area contributed by atoms with Crippen molar-refractivity contribution in [3.05, 3.63) is 93.9 Å². The van der Waals surface area contributed by atoms with Gasteiger partial charge in [-0.2, -0.15) is 5.10 Å². The van der Waals surface area contributed by atoms with Gasteiger partial charge < -0.3 is 24.7 Å². The normalized spacial score (nSPS) is 15.2. The van der Waals surface area contributed by atoms with Gasteiger partial charge in [0, 0.05) is 33.9 Å². The van der Waals surface area contributed by atoms with E-state index in [9.17, 15) is 9.59 Å². The van der Waals surface area contributed by atoms with Crippen LogP contribution in [0, 0.1) is 13.8 Å². The molecule has 0 bridgehead atoms. The predicted molar refractivity (Wildman–Crippen MR) is 173 cm³/mol.